The number of piperazine rings is 1. The molecule has 5 rings (SSSR count). The molecule has 1 aliphatic rings. The zero-order valence-electron chi connectivity index (χ0n) is 19.6. The second-order valence-corrected chi connectivity index (χ2v) is 8.90. The number of benzene rings is 2. The summed E-state index contributed by atoms with van der Waals surface area (Å²) in [6.45, 7) is 3.64. The first-order valence-corrected chi connectivity index (χ1v) is 12.0. The van der Waals surface area contributed by atoms with E-state index in [-0.39, 0.29) is 12.5 Å². The molecule has 8 heteroatoms. The van der Waals surface area contributed by atoms with E-state index >= 15 is 0 Å². The van der Waals surface area contributed by atoms with E-state index in [0.717, 1.165) is 42.2 Å². The van der Waals surface area contributed by atoms with Crippen molar-refractivity contribution in [2.24, 2.45) is 0 Å². The van der Waals surface area contributed by atoms with Crippen LogP contribution in [-0.4, -0.2) is 65.0 Å². The standard InChI is InChI=1S/C27H27ClN4O3/c1-34-22-5-4-6-23(17-22)35-19-26(33)31-15-13-30(14-16-31)18-24-27(20-8-10-21(28)11-9-20)29-25-7-2-3-12-32(24)25/h2-12,17H,13-16,18-19H2,1H3. The van der Waals surface area contributed by atoms with Crippen LogP contribution in [0.5, 0.6) is 11.5 Å². The Balaban J connectivity index is 1.23. The number of amides is 1. The Morgan fingerprint density at radius 3 is 2.51 bits per heavy atom. The smallest absolute Gasteiger partial charge is 0.260 e. The van der Waals surface area contributed by atoms with Gasteiger partial charge in [0.25, 0.3) is 5.91 Å². The van der Waals surface area contributed by atoms with E-state index < -0.39 is 0 Å². The molecule has 0 bridgehead atoms. The maximum absolute atomic E-state index is 12.7. The summed E-state index contributed by atoms with van der Waals surface area (Å²) in [6.07, 6.45) is 2.05. The maximum Gasteiger partial charge on any atom is 0.260 e. The molecule has 0 aliphatic carbocycles. The zero-order chi connectivity index (χ0) is 24.2. The Morgan fingerprint density at radius 1 is 0.971 bits per heavy atom. The molecule has 4 aromatic rings. The molecule has 1 aliphatic heterocycles. The minimum atomic E-state index is -0.0101. The van der Waals surface area contributed by atoms with Gasteiger partial charge in [-0.25, -0.2) is 4.98 Å². The lowest BCUT2D eigenvalue weighted by molar-refractivity contribution is -0.135. The first-order chi connectivity index (χ1) is 17.1. The number of hydrogen-bond acceptors (Lipinski definition) is 5. The zero-order valence-corrected chi connectivity index (χ0v) is 20.3. The van der Waals surface area contributed by atoms with Crippen molar-refractivity contribution in [2.45, 2.75) is 6.54 Å². The van der Waals surface area contributed by atoms with Gasteiger partial charge in [-0.2, -0.15) is 0 Å². The third kappa shape index (κ3) is 5.26. The van der Waals surface area contributed by atoms with E-state index in [1.807, 2.05) is 71.8 Å². The maximum atomic E-state index is 12.7. The first-order valence-electron chi connectivity index (χ1n) is 11.6. The van der Waals surface area contributed by atoms with Gasteiger partial charge in [0.2, 0.25) is 0 Å². The molecule has 1 saturated heterocycles. The highest BCUT2D eigenvalue weighted by atomic mass is 35.5. The molecule has 3 heterocycles. The molecule has 0 unspecified atom stereocenters. The minimum Gasteiger partial charge on any atom is -0.497 e. The number of imidazole rings is 1. The summed E-state index contributed by atoms with van der Waals surface area (Å²) in [7, 11) is 1.61. The van der Waals surface area contributed by atoms with Crippen LogP contribution in [0, 0.1) is 0 Å². The second kappa shape index (κ2) is 10.4. The van der Waals surface area contributed by atoms with Gasteiger partial charge in [-0.1, -0.05) is 35.9 Å². The molecule has 1 fully saturated rings. The van der Waals surface area contributed by atoms with Gasteiger partial charge in [0.1, 0.15) is 17.1 Å². The highest BCUT2D eigenvalue weighted by Gasteiger charge is 2.24. The van der Waals surface area contributed by atoms with Crippen LogP contribution in [0.3, 0.4) is 0 Å². The van der Waals surface area contributed by atoms with E-state index in [1.165, 1.54) is 0 Å². The van der Waals surface area contributed by atoms with Crippen LogP contribution in [0.25, 0.3) is 16.9 Å². The van der Waals surface area contributed by atoms with Crippen LogP contribution in [-0.2, 0) is 11.3 Å². The van der Waals surface area contributed by atoms with Crippen molar-refractivity contribution in [3.05, 3.63) is 83.6 Å². The van der Waals surface area contributed by atoms with Crippen LogP contribution in [0.15, 0.2) is 72.9 Å². The number of pyridine rings is 1. The van der Waals surface area contributed by atoms with E-state index in [9.17, 15) is 4.79 Å². The van der Waals surface area contributed by atoms with Crippen LogP contribution >= 0.6 is 11.6 Å². The monoisotopic (exact) mass is 490 g/mol. The summed E-state index contributed by atoms with van der Waals surface area (Å²) in [5.74, 6) is 1.32. The second-order valence-electron chi connectivity index (χ2n) is 8.47. The third-order valence-electron chi connectivity index (χ3n) is 6.25. The van der Waals surface area contributed by atoms with E-state index in [0.29, 0.717) is 29.6 Å². The summed E-state index contributed by atoms with van der Waals surface area (Å²) in [5, 5.41) is 0.704. The molecule has 0 saturated carbocycles. The van der Waals surface area contributed by atoms with E-state index in [4.69, 9.17) is 26.1 Å². The quantitative estimate of drug-likeness (QED) is 0.384. The molecular formula is C27H27ClN4O3. The molecule has 1 amide bonds. The molecule has 0 radical (unpaired) electrons. The Morgan fingerprint density at radius 2 is 1.74 bits per heavy atom. The summed E-state index contributed by atoms with van der Waals surface area (Å²) >= 11 is 6.10. The summed E-state index contributed by atoms with van der Waals surface area (Å²) in [6, 6.07) is 21.1. The summed E-state index contributed by atoms with van der Waals surface area (Å²) in [5.41, 5.74) is 4.04. The lowest BCUT2D eigenvalue weighted by Gasteiger charge is -2.34. The van der Waals surface area contributed by atoms with Crippen LogP contribution in [0.1, 0.15) is 5.69 Å². The highest BCUT2D eigenvalue weighted by Crippen LogP contribution is 2.27. The lowest BCUT2D eigenvalue weighted by Crippen LogP contribution is -2.49. The minimum absolute atomic E-state index is 0.0101. The molecule has 35 heavy (non-hydrogen) atoms. The first kappa shape index (κ1) is 23.2. The molecule has 180 valence electrons. The van der Waals surface area contributed by atoms with Gasteiger partial charge in [0.05, 0.1) is 18.5 Å². The van der Waals surface area contributed by atoms with Gasteiger partial charge in [-0.05, 0) is 36.4 Å². The lowest BCUT2D eigenvalue weighted by atomic mass is 10.1. The van der Waals surface area contributed by atoms with Crippen molar-refractivity contribution in [3.63, 3.8) is 0 Å². The number of aromatic nitrogens is 2. The van der Waals surface area contributed by atoms with E-state index in [1.54, 1.807) is 13.2 Å². The average Bonchev–Trinajstić information content (AvgIpc) is 3.26. The van der Waals surface area contributed by atoms with Gasteiger partial charge in [-0.3, -0.25) is 9.69 Å². The highest BCUT2D eigenvalue weighted by molar-refractivity contribution is 6.30. The number of hydrogen-bond donors (Lipinski definition) is 0. The van der Waals surface area contributed by atoms with Crippen molar-refractivity contribution in [2.75, 3.05) is 39.9 Å². The number of carbonyl (C=O) groups is 1. The molecule has 0 spiro atoms. The fraction of sp³-hybridized carbons (Fsp3) is 0.259. The third-order valence-corrected chi connectivity index (χ3v) is 6.50. The van der Waals surface area contributed by atoms with Gasteiger partial charge in [-0.15, -0.1) is 0 Å². The predicted molar refractivity (Wildman–Crippen MR) is 136 cm³/mol. The molecule has 7 nitrogen and oxygen atoms in total. The molecular weight excluding hydrogens is 464 g/mol. The van der Waals surface area contributed by atoms with Crippen LogP contribution in [0.4, 0.5) is 0 Å². The van der Waals surface area contributed by atoms with Crippen molar-refractivity contribution in [1.82, 2.24) is 19.2 Å². The number of rotatable bonds is 7. The molecule has 0 N–H and O–H groups in total. The SMILES string of the molecule is COc1cccc(OCC(=O)N2CCN(Cc3c(-c4ccc(Cl)cc4)nc4ccccn34)CC2)c1. The summed E-state index contributed by atoms with van der Waals surface area (Å²) < 4.78 is 13.0. The Kier molecular flexibility index (Phi) is 6.88. The predicted octanol–water partition coefficient (Wildman–Crippen LogP) is 4.39. The van der Waals surface area contributed by atoms with Crippen molar-refractivity contribution >= 4 is 23.2 Å². The fourth-order valence-corrected chi connectivity index (χ4v) is 4.46. The van der Waals surface area contributed by atoms with Gasteiger partial charge in [0.15, 0.2) is 6.61 Å². The number of ether oxygens (including phenoxy) is 2. The molecule has 2 aromatic carbocycles. The molecule has 2 aromatic heterocycles. The Labute approximate surface area is 209 Å². The summed E-state index contributed by atoms with van der Waals surface area (Å²) in [4.78, 5) is 21.8. The van der Waals surface area contributed by atoms with Crippen molar-refractivity contribution in [3.8, 4) is 22.8 Å². The normalized spacial score (nSPS) is 14.3. The fourth-order valence-electron chi connectivity index (χ4n) is 4.33. The van der Waals surface area contributed by atoms with E-state index in [2.05, 4.69) is 9.30 Å². The average molecular weight is 491 g/mol. The van der Waals surface area contributed by atoms with Crippen LogP contribution in [0.2, 0.25) is 5.02 Å². The van der Waals surface area contributed by atoms with Crippen LogP contribution < -0.4 is 9.47 Å². The number of nitrogens with zero attached hydrogens (tertiary/aromatic N) is 4. The largest absolute Gasteiger partial charge is 0.497 e. The Bertz CT molecular complexity index is 1310. The number of methoxy groups -OCH3 is 1. The van der Waals surface area contributed by atoms with Gasteiger partial charge < -0.3 is 18.8 Å². The van der Waals surface area contributed by atoms with Crippen molar-refractivity contribution < 1.29 is 14.3 Å². The number of carbonyl (C=O) groups excluding carboxylic acids is 1. The van der Waals surface area contributed by atoms with Gasteiger partial charge in [0, 0.05) is 55.6 Å². The van der Waals surface area contributed by atoms with Gasteiger partial charge >= 0.3 is 0 Å². The topological polar surface area (TPSA) is 59.3 Å². The number of fused-ring (bicyclic) bond motifs is 1. The van der Waals surface area contributed by atoms with Crippen molar-refractivity contribution in [1.29, 1.82) is 0 Å². The molecule has 0 atom stereocenters. The number of halogens is 1. The Hall–Kier alpha value is -3.55.